The Morgan fingerprint density at radius 1 is 1.10 bits per heavy atom. The van der Waals surface area contributed by atoms with Crippen LogP contribution in [0.5, 0.6) is 5.75 Å². The number of aryl methyl sites for hydroxylation is 2. The van der Waals surface area contributed by atoms with Crippen molar-refractivity contribution in [1.29, 1.82) is 0 Å². The molecule has 0 spiro atoms. The maximum Gasteiger partial charge on any atom is 0.224 e. The number of rotatable bonds is 7. The molecule has 0 aliphatic carbocycles. The Kier molecular flexibility index (Phi) is 4.98. The van der Waals surface area contributed by atoms with Gasteiger partial charge < -0.3 is 10.1 Å². The molecule has 0 radical (unpaired) electrons. The van der Waals surface area contributed by atoms with Gasteiger partial charge in [0, 0.05) is 19.5 Å². The third kappa shape index (κ3) is 3.29. The van der Waals surface area contributed by atoms with E-state index in [-0.39, 0.29) is 0 Å². The number of ether oxygens (including phenoxy) is 1. The van der Waals surface area contributed by atoms with Crippen LogP contribution in [-0.2, 0) is 19.4 Å². The lowest BCUT2D eigenvalue weighted by Crippen LogP contribution is -2.09. The van der Waals surface area contributed by atoms with Crippen LogP contribution in [0.2, 0.25) is 0 Å². The highest BCUT2D eigenvalue weighted by atomic mass is 16.5. The summed E-state index contributed by atoms with van der Waals surface area (Å²) in [6.07, 6.45) is 1.84. The van der Waals surface area contributed by atoms with Gasteiger partial charge >= 0.3 is 0 Å². The topological polar surface area (TPSA) is 52.0 Å². The van der Waals surface area contributed by atoms with Crippen LogP contribution in [0.25, 0.3) is 0 Å². The van der Waals surface area contributed by atoms with Gasteiger partial charge in [-0.2, -0.15) is 0 Å². The van der Waals surface area contributed by atoms with Gasteiger partial charge in [-0.05, 0) is 38.0 Å². The van der Waals surface area contributed by atoms with Gasteiger partial charge in [0.15, 0.2) is 0 Å². The predicted octanol–water partition coefficient (Wildman–Crippen LogP) is 2.52. The first-order chi connectivity index (χ1) is 9.78. The first-order valence-electron chi connectivity index (χ1n) is 7.07. The van der Waals surface area contributed by atoms with Crippen LogP contribution in [-0.4, -0.2) is 28.4 Å². The van der Waals surface area contributed by atoms with Crippen molar-refractivity contribution in [1.82, 2.24) is 14.8 Å². The number of nitrogens with zero attached hydrogens (tertiary/aromatic N) is 3. The molecule has 0 saturated carbocycles. The minimum absolute atomic E-state index is 0.858. The average Bonchev–Trinajstić information content (AvgIpc) is 2.88. The average molecular weight is 274 g/mol. The molecule has 108 valence electrons. The smallest absolute Gasteiger partial charge is 0.224 e. The van der Waals surface area contributed by atoms with E-state index >= 15 is 0 Å². The molecular formula is C15H22N4O. The van der Waals surface area contributed by atoms with Gasteiger partial charge in [-0.15, -0.1) is 10.2 Å². The van der Waals surface area contributed by atoms with E-state index in [0.717, 1.165) is 43.5 Å². The van der Waals surface area contributed by atoms with Gasteiger partial charge in [-0.25, -0.2) is 0 Å². The summed E-state index contributed by atoms with van der Waals surface area (Å²) in [4.78, 5) is 0. The third-order valence-electron chi connectivity index (χ3n) is 3.27. The van der Waals surface area contributed by atoms with E-state index in [1.165, 1.54) is 5.56 Å². The summed E-state index contributed by atoms with van der Waals surface area (Å²) in [5.74, 6) is 2.78. The molecule has 0 unspecified atom stereocenters. The SMILES string of the molecule is CCNc1nnc(CCc2ccc(OC)cc2)n1CC. The molecule has 1 heterocycles. The van der Waals surface area contributed by atoms with Crippen molar-refractivity contribution in [2.75, 3.05) is 19.0 Å². The van der Waals surface area contributed by atoms with E-state index in [1.807, 2.05) is 12.1 Å². The number of methoxy groups -OCH3 is 1. The lowest BCUT2D eigenvalue weighted by Gasteiger charge is -2.08. The van der Waals surface area contributed by atoms with Crippen molar-refractivity contribution in [3.8, 4) is 5.75 Å². The summed E-state index contributed by atoms with van der Waals surface area (Å²) in [6, 6.07) is 8.17. The normalized spacial score (nSPS) is 10.6. The van der Waals surface area contributed by atoms with Crippen LogP contribution in [0.1, 0.15) is 25.2 Å². The molecule has 5 nitrogen and oxygen atoms in total. The Bertz CT molecular complexity index is 533. The number of hydrogen-bond acceptors (Lipinski definition) is 4. The molecule has 2 aromatic rings. The van der Waals surface area contributed by atoms with Crippen molar-refractivity contribution < 1.29 is 4.74 Å². The number of nitrogens with one attached hydrogen (secondary N) is 1. The molecule has 0 atom stereocenters. The number of benzene rings is 1. The molecule has 0 saturated heterocycles. The highest BCUT2D eigenvalue weighted by molar-refractivity contribution is 5.28. The Balaban J connectivity index is 2.02. The van der Waals surface area contributed by atoms with E-state index in [2.05, 4.69) is 46.1 Å². The minimum atomic E-state index is 0.858. The second kappa shape index (κ2) is 6.93. The maximum absolute atomic E-state index is 5.16. The molecule has 0 fully saturated rings. The zero-order valence-corrected chi connectivity index (χ0v) is 12.4. The fraction of sp³-hybridized carbons (Fsp3) is 0.467. The van der Waals surface area contributed by atoms with Crippen LogP contribution in [0.3, 0.4) is 0 Å². The summed E-state index contributed by atoms with van der Waals surface area (Å²) in [6.45, 7) is 5.91. The van der Waals surface area contributed by atoms with Crippen LogP contribution in [0.4, 0.5) is 5.95 Å². The van der Waals surface area contributed by atoms with Gasteiger partial charge in [0.25, 0.3) is 0 Å². The first kappa shape index (κ1) is 14.4. The van der Waals surface area contributed by atoms with Gasteiger partial charge in [-0.3, -0.25) is 4.57 Å². The molecule has 0 amide bonds. The van der Waals surface area contributed by atoms with E-state index in [1.54, 1.807) is 7.11 Å². The molecule has 2 rings (SSSR count). The van der Waals surface area contributed by atoms with Gasteiger partial charge in [0.05, 0.1) is 7.11 Å². The van der Waals surface area contributed by atoms with Crippen molar-refractivity contribution >= 4 is 5.95 Å². The highest BCUT2D eigenvalue weighted by Gasteiger charge is 2.09. The lowest BCUT2D eigenvalue weighted by atomic mass is 10.1. The monoisotopic (exact) mass is 274 g/mol. The number of anilines is 1. The zero-order valence-electron chi connectivity index (χ0n) is 12.4. The van der Waals surface area contributed by atoms with Crippen LogP contribution in [0, 0.1) is 0 Å². The molecule has 0 bridgehead atoms. The van der Waals surface area contributed by atoms with E-state index < -0.39 is 0 Å². The fourth-order valence-corrected chi connectivity index (χ4v) is 2.19. The quantitative estimate of drug-likeness (QED) is 0.843. The predicted molar refractivity (Wildman–Crippen MR) is 80.3 cm³/mol. The Hall–Kier alpha value is -2.04. The fourth-order valence-electron chi connectivity index (χ4n) is 2.19. The van der Waals surface area contributed by atoms with E-state index in [0.29, 0.717) is 0 Å². The van der Waals surface area contributed by atoms with Crippen molar-refractivity contribution in [2.24, 2.45) is 0 Å². The maximum atomic E-state index is 5.16. The van der Waals surface area contributed by atoms with Crippen molar-refractivity contribution in [3.63, 3.8) is 0 Å². The summed E-state index contributed by atoms with van der Waals surface area (Å²) in [7, 11) is 1.68. The largest absolute Gasteiger partial charge is 0.497 e. The summed E-state index contributed by atoms with van der Waals surface area (Å²) in [5.41, 5.74) is 1.28. The van der Waals surface area contributed by atoms with Gasteiger partial charge in [0.1, 0.15) is 11.6 Å². The number of aromatic nitrogens is 3. The first-order valence-corrected chi connectivity index (χ1v) is 7.07. The molecular weight excluding hydrogens is 252 g/mol. The Labute approximate surface area is 120 Å². The molecule has 0 aliphatic rings. The van der Waals surface area contributed by atoms with E-state index in [4.69, 9.17) is 4.74 Å². The second-order valence-electron chi connectivity index (χ2n) is 4.56. The van der Waals surface area contributed by atoms with Crippen LogP contribution < -0.4 is 10.1 Å². The van der Waals surface area contributed by atoms with Crippen LogP contribution in [0.15, 0.2) is 24.3 Å². The minimum Gasteiger partial charge on any atom is -0.497 e. The molecule has 1 N–H and O–H groups in total. The highest BCUT2D eigenvalue weighted by Crippen LogP contribution is 2.14. The van der Waals surface area contributed by atoms with E-state index in [9.17, 15) is 0 Å². The van der Waals surface area contributed by atoms with Gasteiger partial charge in [-0.1, -0.05) is 12.1 Å². The summed E-state index contributed by atoms with van der Waals surface area (Å²) >= 11 is 0. The zero-order chi connectivity index (χ0) is 14.4. The van der Waals surface area contributed by atoms with Crippen molar-refractivity contribution in [2.45, 2.75) is 33.2 Å². The van der Waals surface area contributed by atoms with Gasteiger partial charge in [0.2, 0.25) is 5.95 Å². The third-order valence-corrected chi connectivity index (χ3v) is 3.27. The lowest BCUT2D eigenvalue weighted by molar-refractivity contribution is 0.414. The summed E-state index contributed by atoms with van der Waals surface area (Å²) < 4.78 is 7.30. The Morgan fingerprint density at radius 3 is 2.45 bits per heavy atom. The molecule has 1 aromatic carbocycles. The second-order valence-corrected chi connectivity index (χ2v) is 4.56. The number of hydrogen-bond donors (Lipinski definition) is 1. The van der Waals surface area contributed by atoms with Crippen LogP contribution >= 0.6 is 0 Å². The van der Waals surface area contributed by atoms with Crippen molar-refractivity contribution in [3.05, 3.63) is 35.7 Å². The molecule has 20 heavy (non-hydrogen) atoms. The standard InChI is InChI=1S/C15H22N4O/c1-4-16-15-18-17-14(19(15)5-2)11-8-12-6-9-13(20-3)10-7-12/h6-7,9-10H,4-5,8,11H2,1-3H3,(H,16,18). The molecule has 1 aromatic heterocycles. The molecule has 0 aliphatic heterocycles. The Morgan fingerprint density at radius 2 is 1.85 bits per heavy atom. The summed E-state index contributed by atoms with van der Waals surface area (Å²) in [5, 5.41) is 11.7. The molecule has 5 heteroatoms.